The molecule has 1 aliphatic rings. The van der Waals surface area contributed by atoms with E-state index in [1.54, 1.807) is 0 Å². The van der Waals surface area contributed by atoms with Crippen LogP contribution in [0.5, 0.6) is 0 Å². The zero-order chi connectivity index (χ0) is 24.2. The van der Waals surface area contributed by atoms with Crippen LogP contribution in [0.25, 0.3) is 0 Å². The van der Waals surface area contributed by atoms with Crippen molar-refractivity contribution in [2.75, 3.05) is 32.7 Å². The molecule has 0 bridgehead atoms. The van der Waals surface area contributed by atoms with Gasteiger partial charge >= 0.3 is 11.9 Å². The first-order valence-electron chi connectivity index (χ1n) is 11.6. The first-order valence-corrected chi connectivity index (χ1v) is 11.6. The predicted molar refractivity (Wildman–Crippen MR) is 133 cm³/mol. The van der Waals surface area contributed by atoms with Crippen LogP contribution in [0.15, 0.2) is 91.0 Å². The van der Waals surface area contributed by atoms with Gasteiger partial charge in [0.25, 0.3) is 0 Å². The van der Waals surface area contributed by atoms with Gasteiger partial charge < -0.3 is 15.1 Å². The van der Waals surface area contributed by atoms with Crippen molar-refractivity contribution < 1.29 is 19.8 Å². The molecule has 6 nitrogen and oxygen atoms in total. The van der Waals surface area contributed by atoms with E-state index in [1.807, 2.05) is 0 Å². The zero-order valence-electron chi connectivity index (χ0n) is 19.3. The Balaban J connectivity index is 0.000000481. The van der Waals surface area contributed by atoms with Crippen LogP contribution in [0.2, 0.25) is 0 Å². The molecule has 0 amide bonds. The maximum Gasteiger partial charge on any atom is 0.414 e. The van der Waals surface area contributed by atoms with E-state index in [-0.39, 0.29) is 0 Å². The molecule has 0 spiro atoms. The van der Waals surface area contributed by atoms with Gasteiger partial charge in [-0.05, 0) is 36.1 Å². The summed E-state index contributed by atoms with van der Waals surface area (Å²) in [6.45, 7) is 5.76. The fourth-order valence-electron chi connectivity index (χ4n) is 4.28. The summed E-state index contributed by atoms with van der Waals surface area (Å²) >= 11 is 0. The summed E-state index contributed by atoms with van der Waals surface area (Å²) in [5, 5.41) is 14.8. The zero-order valence-corrected chi connectivity index (χ0v) is 19.3. The minimum Gasteiger partial charge on any atom is -0.473 e. The SMILES string of the molecule is O=C(O)C(=O)O.c1ccc(CCCN2CCN(C(c3ccccc3)c3ccccc3)CC2)cc1. The Hall–Kier alpha value is -3.48. The van der Waals surface area contributed by atoms with Gasteiger partial charge in [0.1, 0.15) is 0 Å². The average Bonchev–Trinajstić information content (AvgIpc) is 2.87. The number of nitrogens with zero attached hydrogens (tertiary/aromatic N) is 2. The molecule has 178 valence electrons. The first kappa shape index (κ1) is 25.1. The smallest absolute Gasteiger partial charge is 0.414 e. The van der Waals surface area contributed by atoms with Crippen molar-refractivity contribution >= 4 is 11.9 Å². The van der Waals surface area contributed by atoms with Gasteiger partial charge in [-0.25, -0.2) is 9.59 Å². The van der Waals surface area contributed by atoms with E-state index in [1.165, 1.54) is 36.1 Å². The normalized spacial score (nSPS) is 14.3. The molecule has 1 fully saturated rings. The molecule has 1 heterocycles. The lowest BCUT2D eigenvalue weighted by Crippen LogP contribution is -2.48. The van der Waals surface area contributed by atoms with E-state index in [0.717, 1.165) is 26.2 Å². The van der Waals surface area contributed by atoms with Crippen molar-refractivity contribution in [3.8, 4) is 0 Å². The standard InChI is InChI=1S/C26H30N2.C2H2O4/c1-4-11-23(12-5-1)13-10-18-27-19-21-28(22-20-27)26(24-14-6-2-7-15-24)25-16-8-3-9-17-25;3-1(4)2(5)6/h1-9,11-12,14-17,26H,10,13,18-22H2;(H,3,4)(H,5,6). The summed E-state index contributed by atoms with van der Waals surface area (Å²) in [6.07, 6.45) is 2.42. The summed E-state index contributed by atoms with van der Waals surface area (Å²) in [6, 6.07) is 33.1. The first-order chi connectivity index (χ1) is 16.5. The molecule has 4 rings (SSSR count). The lowest BCUT2D eigenvalue weighted by Gasteiger charge is -2.39. The molecule has 0 aliphatic carbocycles. The molecular formula is C28H32N2O4. The largest absolute Gasteiger partial charge is 0.473 e. The van der Waals surface area contributed by atoms with Crippen molar-refractivity contribution in [2.45, 2.75) is 18.9 Å². The van der Waals surface area contributed by atoms with Gasteiger partial charge in [-0.2, -0.15) is 0 Å². The fourth-order valence-corrected chi connectivity index (χ4v) is 4.28. The Kier molecular flexibility index (Phi) is 9.82. The molecule has 3 aromatic carbocycles. The summed E-state index contributed by atoms with van der Waals surface area (Å²) in [5.41, 5.74) is 4.24. The molecule has 1 aliphatic heterocycles. The topological polar surface area (TPSA) is 81.1 Å². The number of hydrogen-bond donors (Lipinski definition) is 2. The van der Waals surface area contributed by atoms with Crippen LogP contribution in [0.3, 0.4) is 0 Å². The van der Waals surface area contributed by atoms with Crippen molar-refractivity contribution in [2.24, 2.45) is 0 Å². The number of rotatable bonds is 7. The van der Waals surface area contributed by atoms with E-state index in [4.69, 9.17) is 19.8 Å². The molecule has 3 aromatic rings. The lowest BCUT2D eigenvalue weighted by atomic mass is 9.96. The fraction of sp³-hybridized carbons (Fsp3) is 0.286. The molecule has 34 heavy (non-hydrogen) atoms. The van der Waals surface area contributed by atoms with Gasteiger partial charge in [-0.1, -0.05) is 91.0 Å². The molecule has 6 heteroatoms. The van der Waals surface area contributed by atoms with Crippen LogP contribution in [-0.2, 0) is 16.0 Å². The lowest BCUT2D eigenvalue weighted by molar-refractivity contribution is -0.159. The quantitative estimate of drug-likeness (QED) is 0.515. The molecule has 0 unspecified atom stereocenters. The summed E-state index contributed by atoms with van der Waals surface area (Å²) in [5.74, 6) is -3.65. The van der Waals surface area contributed by atoms with Crippen LogP contribution in [0.1, 0.15) is 29.2 Å². The van der Waals surface area contributed by atoms with E-state index in [2.05, 4.69) is 101 Å². The van der Waals surface area contributed by atoms with E-state index in [9.17, 15) is 0 Å². The second-order valence-electron chi connectivity index (χ2n) is 8.30. The Labute approximate surface area is 201 Å². The highest BCUT2D eigenvalue weighted by Crippen LogP contribution is 2.29. The third-order valence-electron chi connectivity index (χ3n) is 5.97. The van der Waals surface area contributed by atoms with Crippen molar-refractivity contribution in [1.82, 2.24) is 9.80 Å². The van der Waals surface area contributed by atoms with Gasteiger partial charge in [0.15, 0.2) is 0 Å². The van der Waals surface area contributed by atoms with Crippen molar-refractivity contribution in [3.05, 3.63) is 108 Å². The third-order valence-corrected chi connectivity index (χ3v) is 5.97. The van der Waals surface area contributed by atoms with Crippen LogP contribution in [0, 0.1) is 0 Å². The van der Waals surface area contributed by atoms with Crippen LogP contribution in [-0.4, -0.2) is 64.7 Å². The Morgan fingerprint density at radius 1 is 0.676 bits per heavy atom. The van der Waals surface area contributed by atoms with Gasteiger partial charge in [0.2, 0.25) is 0 Å². The molecule has 0 atom stereocenters. The minimum atomic E-state index is -1.82. The average molecular weight is 461 g/mol. The number of carbonyl (C=O) groups is 2. The van der Waals surface area contributed by atoms with Gasteiger partial charge in [0.05, 0.1) is 6.04 Å². The molecule has 0 radical (unpaired) electrons. The van der Waals surface area contributed by atoms with Gasteiger partial charge in [-0.15, -0.1) is 0 Å². The van der Waals surface area contributed by atoms with Gasteiger partial charge in [-0.3, -0.25) is 4.90 Å². The number of carboxylic acids is 2. The van der Waals surface area contributed by atoms with Crippen LogP contribution >= 0.6 is 0 Å². The number of piperazine rings is 1. The van der Waals surface area contributed by atoms with Crippen LogP contribution < -0.4 is 0 Å². The predicted octanol–water partition coefficient (Wildman–Crippen LogP) is 4.18. The maximum atomic E-state index is 9.10. The van der Waals surface area contributed by atoms with Crippen molar-refractivity contribution in [3.63, 3.8) is 0 Å². The Morgan fingerprint density at radius 2 is 1.12 bits per heavy atom. The van der Waals surface area contributed by atoms with Gasteiger partial charge in [0, 0.05) is 26.2 Å². The molecule has 1 saturated heterocycles. The van der Waals surface area contributed by atoms with E-state index >= 15 is 0 Å². The number of benzene rings is 3. The van der Waals surface area contributed by atoms with Crippen LogP contribution in [0.4, 0.5) is 0 Å². The maximum absolute atomic E-state index is 9.10. The van der Waals surface area contributed by atoms with E-state index < -0.39 is 11.9 Å². The van der Waals surface area contributed by atoms with Crippen molar-refractivity contribution in [1.29, 1.82) is 0 Å². The highest BCUT2D eigenvalue weighted by Gasteiger charge is 2.26. The second-order valence-corrected chi connectivity index (χ2v) is 8.30. The Morgan fingerprint density at radius 3 is 1.56 bits per heavy atom. The number of aliphatic carboxylic acids is 2. The minimum absolute atomic E-state index is 0.355. The summed E-state index contributed by atoms with van der Waals surface area (Å²) in [4.78, 5) is 23.5. The Bertz CT molecular complexity index is 953. The number of carboxylic acid groups (broad SMARTS) is 2. The highest BCUT2D eigenvalue weighted by molar-refractivity contribution is 6.27. The summed E-state index contributed by atoms with van der Waals surface area (Å²) in [7, 11) is 0. The summed E-state index contributed by atoms with van der Waals surface area (Å²) < 4.78 is 0. The monoisotopic (exact) mass is 460 g/mol. The molecule has 0 aromatic heterocycles. The number of hydrogen-bond acceptors (Lipinski definition) is 4. The molecule has 0 saturated carbocycles. The third kappa shape index (κ3) is 7.83. The highest BCUT2D eigenvalue weighted by atomic mass is 16.4. The molecular weight excluding hydrogens is 428 g/mol. The van der Waals surface area contributed by atoms with E-state index in [0.29, 0.717) is 6.04 Å². The molecule has 2 N–H and O–H groups in total. The number of aryl methyl sites for hydroxylation is 1. The second kappa shape index (κ2) is 13.3.